The highest BCUT2D eigenvalue weighted by atomic mass is 127. The van der Waals surface area contributed by atoms with Crippen LogP contribution in [0.15, 0.2) is 24.3 Å². The molecule has 1 aromatic rings. The van der Waals surface area contributed by atoms with E-state index in [0.29, 0.717) is 0 Å². The van der Waals surface area contributed by atoms with Crippen LogP contribution in [0.25, 0.3) is 0 Å². The van der Waals surface area contributed by atoms with Gasteiger partial charge in [-0.1, -0.05) is 25.0 Å². The number of terminal acetylenes is 1. The molecule has 0 aliphatic heterocycles. The van der Waals surface area contributed by atoms with E-state index >= 15 is 0 Å². The minimum Gasteiger partial charge on any atom is -0.300 e. The first-order valence-electron chi connectivity index (χ1n) is 4.73. The van der Waals surface area contributed by atoms with Crippen molar-refractivity contribution in [1.29, 1.82) is 0 Å². The monoisotopic (exact) mass is 299 g/mol. The highest BCUT2D eigenvalue weighted by molar-refractivity contribution is 14.1. The van der Waals surface area contributed by atoms with Crippen molar-refractivity contribution < 1.29 is 0 Å². The van der Waals surface area contributed by atoms with Crippen LogP contribution in [-0.2, 0) is 0 Å². The Kier molecular flexibility index (Phi) is 4.99. The number of nitrogens with one attached hydrogen (secondary N) is 1. The van der Waals surface area contributed by atoms with Crippen molar-refractivity contribution in [2.45, 2.75) is 19.4 Å². The second-order valence-corrected chi connectivity index (χ2v) is 4.35. The predicted molar refractivity (Wildman–Crippen MR) is 69.0 cm³/mol. The molecule has 1 rings (SSSR count). The van der Waals surface area contributed by atoms with Gasteiger partial charge in [-0.25, -0.2) is 0 Å². The minimum atomic E-state index is 0.0460. The Bertz CT molecular complexity index is 327. The SMILES string of the molecule is C#CC(NCCC)c1cccc(I)c1. The first kappa shape index (κ1) is 11.5. The van der Waals surface area contributed by atoms with Crippen LogP contribution in [-0.4, -0.2) is 6.54 Å². The van der Waals surface area contributed by atoms with Crippen LogP contribution in [0.5, 0.6) is 0 Å². The summed E-state index contributed by atoms with van der Waals surface area (Å²) in [5.74, 6) is 2.77. The highest BCUT2D eigenvalue weighted by Crippen LogP contribution is 2.15. The summed E-state index contributed by atoms with van der Waals surface area (Å²) in [5.41, 5.74) is 1.17. The summed E-state index contributed by atoms with van der Waals surface area (Å²) in [6, 6.07) is 8.33. The largest absolute Gasteiger partial charge is 0.300 e. The molecule has 1 nitrogen and oxygen atoms in total. The van der Waals surface area contributed by atoms with E-state index in [0.717, 1.165) is 13.0 Å². The van der Waals surface area contributed by atoms with Gasteiger partial charge in [-0.05, 0) is 53.3 Å². The average molecular weight is 299 g/mol. The number of hydrogen-bond acceptors (Lipinski definition) is 1. The number of benzene rings is 1. The Hall–Kier alpha value is -0.530. The third kappa shape index (κ3) is 3.32. The minimum absolute atomic E-state index is 0.0460. The van der Waals surface area contributed by atoms with Gasteiger partial charge < -0.3 is 5.32 Å². The van der Waals surface area contributed by atoms with E-state index in [4.69, 9.17) is 6.42 Å². The molecule has 1 atom stereocenters. The Morgan fingerprint density at radius 2 is 2.36 bits per heavy atom. The standard InChI is InChI=1S/C12H14IN/c1-3-8-14-12(4-2)10-6-5-7-11(13)9-10/h2,5-7,9,12,14H,3,8H2,1H3. The maximum atomic E-state index is 5.48. The van der Waals surface area contributed by atoms with Crippen LogP contribution < -0.4 is 5.32 Å². The van der Waals surface area contributed by atoms with Crippen molar-refractivity contribution in [2.75, 3.05) is 6.54 Å². The van der Waals surface area contributed by atoms with Crippen LogP contribution >= 0.6 is 22.6 Å². The summed E-state index contributed by atoms with van der Waals surface area (Å²) in [6.07, 6.45) is 6.58. The summed E-state index contributed by atoms with van der Waals surface area (Å²) in [5, 5.41) is 3.32. The normalized spacial score (nSPS) is 12.1. The van der Waals surface area contributed by atoms with E-state index in [1.165, 1.54) is 9.13 Å². The van der Waals surface area contributed by atoms with E-state index in [9.17, 15) is 0 Å². The molecule has 1 unspecified atom stereocenters. The zero-order valence-corrected chi connectivity index (χ0v) is 10.4. The molecular formula is C12H14IN. The third-order valence-corrected chi connectivity index (χ3v) is 2.62. The van der Waals surface area contributed by atoms with Crippen molar-refractivity contribution >= 4 is 22.6 Å². The molecule has 0 bridgehead atoms. The van der Waals surface area contributed by atoms with E-state index in [1.807, 2.05) is 6.07 Å². The van der Waals surface area contributed by atoms with Gasteiger partial charge in [-0.2, -0.15) is 0 Å². The molecule has 0 heterocycles. The van der Waals surface area contributed by atoms with Gasteiger partial charge >= 0.3 is 0 Å². The second-order valence-electron chi connectivity index (χ2n) is 3.11. The highest BCUT2D eigenvalue weighted by Gasteiger charge is 2.06. The predicted octanol–water partition coefficient (Wildman–Crippen LogP) is 2.97. The van der Waals surface area contributed by atoms with Crippen LogP contribution in [0.3, 0.4) is 0 Å². The smallest absolute Gasteiger partial charge is 0.0943 e. The molecule has 1 aromatic carbocycles. The molecule has 74 valence electrons. The summed E-state index contributed by atoms with van der Waals surface area (Å²) in [6.45, 7) is 3.09. The maximum Gasteiger partial charge on any atom is 0.0943 e. The lowest BCUT2D eigenvalue weighted by Gasteiger charge is -2.12. The number of rotatable bonds is 4. The average Bonchev–Trinajstić information content (AvgIpc) is 2.19. The second kappa shape index (κ2) is 6.05. The summed E-state index contributed by atoms with van der Waals surface area (Å²) >= 11 is 2.30. The molecule has 0 saturated carbocycles. The van der Waals surface area contributed by atoms with Crippen molar-refractivity contribution in [2.24, 2.45) is 0 Å². The first-order valence-corrected chi connectivity index (χ1v) is 5.80. The van der Waals surface area contributed by atoms with Gasteiger partial charge in [0.05, 0.1) is 6.04 Å². The van der Waals surface area contributed by atoms with Crippen LogP contribution in [0, 0.1) is 15.9 Å². The maximum absolute atomic E-state index is 5.48. The fourth-order valence-corrected chi connectivity index (χ4v) is 1.82. The van der Waals surface area contributed by atoms with Gasteiger partial charge in [0.2, 0.25) is 0 Å². The molecule has 0 amide bonds. The molecule has 0 radical (unpaired) electrons. The van der Waals surface area contributed by atoms with Gasteiger partial charge in [0, 0.05) is 3.57 Å². The van der Waals surface area contributed by atoms with Crippen molar-refractivity contribution in [3.05, 3.63) is 33.4 Å². The number of hydrogen-bond donors (Lipinski definition) is 1. The lowest BCUT2D eigenvalue weighted by molar-refractivity contribution is 0.626. The van der Waals surface area contributed by atoms with Gasteiger partial charge in [0.25, 0.3) is 0 Å². The van der Waals surface area contributed by atoms with Crippen LogP contribution in [0.1, 0.15) is 24.9 Å². The Balaban J connectivity index is 2.75. The summed E-state index contributed by atoms with van der Waals surface area (Å²) < 4.78 is 1.22. The van der Waals surface area contributed by atoms with Crippen molar-refractivity contribution in [3.63, 3.8) is 0 Å². The first-order chi connectivity index (χ1) is 6.77. The third-order valence-electron chi connectivity index (χ3n) is 1.95. The van der Waals surface area contributed by atoms with E-state index in [1.54, 1.807) is 0 Å². The zero-order chi connectivity index (χ0) is 10.4. The Morgan fingerprint density at radius 1 is 1.57 bits per heavy atom. The van der Waals surface area contributed by atoms with Gasteiger partial charge in [-0.3, -0.25) is 0 Å². The summed E-state index contributed by atoms with van der Waals surface area (Å²) in [7, 11) is 0. The van der Waals surface area contributed by atoms with Crippen molar-refractivity contribution in [1.82, 2.24) is 5.32 Å². The van der Waals surface area contributed by atoms with E-state index < -0.39 is 0 Å². The molecule has 0 saturated heterocycles. The lowest BCUT2D eigenvalue weighted by Crippen LogP contribution is -2.20. The fraction of sp³-hybridized carbons (Fsp3) is 0.333. The molecule has 0 aliphatic rings. The van der Waals surface area contributed by atoms with Crippen molar-refractivity contribution in [3.8, 4) is 12.3 Å². The van der Waals surface area contributed by atoms with Gasteiger partial charge in [0.15, 0.2) is 0 Å². The molecule has 0 aromatic heterocycles. The van der Waals surface area contributed by atoms with Crippen LogP contribution in [0.2, 0.25) is 0 Å². The topological polar surface area (TPSA) is 12.0 Å². The molecule has 0 aliphatic carbocycles. The molecule has 14 heavy (non-hydrogen) atoms. The fourth-order valence-electron chi connectivity index (χ4n) is 1.25. The zero-order valence-electron chi connectivity index (χ0n) is 8.26. The quantitative estimate of drug-likeness (QED) is 0.666. The van der Waals surface area contributed by atoms with Crippen LogP contribution in [0.4, 0.5) is 0 Å². The Morgan fingerprint density at radius 3 is 2.93 bits per heavy atom. The van der Waals surface area contributed by atoms with E-state index in [-0.39, 0.29) is 6.04 Å². The van der Waals surface area contributed by atoms with E-state index in [2.05, 4.69) is 59.0 Å². The molecular weight excluding hydrogens is 285 g/mol. The van der Waals surface area contributed by atoms with Gasteiger partial charge in [0.1, 0.15) is 0 Å². The van der Waals surface area contributed by atoms with Gasteiger partial charge in [-0.15, -0.1) is 6.42 Å². The molecule has 2 heteroatoms. The molecule has 0 fully saturated rings. The molecule has 1 N–H and O–H groups in total. The molecule has 0 spiro atoms. The Labute approximate surface area is 99.4 Å². The summed E-state index contributed by atoms with van der Waals surface area (Å²) in [4.78, 5) is 0. The number of halogens is 1. The lowest BCUT2D eigenvalue weighted by atomic mass is 10.1.